The molecule has 0 bridgehead atoms. The molecular weight excluding hydrogens is 546 g/mol. The van der Waals surface area contributed by atoms with Gasteiger partial charge in [0.15, 0.2) is 0 Å². The van der Waals surface area contributed by atoms with E-state index in [9.17, 15) is 13.2 Å². The lowest BCUT2D eigenvalue weighted by Crippen LogP contribution is -2.17. The minimum Gasteiger partial charge on any atom is -0.465 e. The number of nitrogens with zero attached hydrogens (tertiary/aromatic N) is 2. The van der Waals surface area contributed by atoms with Gasteiger partial charge in [0.05, 0.1) is 6.61 Å². The summed E-state index contributed by atoms with van der Waals surface area (Å²) in [6.07, 6.45) is 1.84. The molecule has 0 aliphatic rings. The molecule has 0 unspecified atom stereocenters. The molecule has 4 rings (SSSR count). The quantitative estimate of drug-likeness (QED) is 0.222. The van der Waals surface area contributed by atoms with Gasteiger partial charge < -0.3 is 14.2 Å². The molecule has 2 aromatic carbocycles. The highest BCUT2D eigenvalue weighted by Crippen LogP contribution is 2.32. The molecule has 0 radical (unpaired) electrons. The van der Waals surface area contributed by atoms with E-state index in [4.69, 9.17) is 13.9 Å². The lowest BCUT2D eigenvalue weighted by atomic mass is 10.1. The van der Waals surface area contributed by atoms with Crippen LogP contribution in [0.1, 0.15) is 23.6 Å². The van der Waals surface area contributed by atoms with Crippen LogP contribution in [-0.2, 0) is 19.6 Å². The Hall–Kier alpha value is -3.37. The van der Waals surface area contributed by atoms with Crippen molar-refractivity contribution in [3.8, 4) is 17.0 Å². The van der Waals surface area contributed by atoms with Crippen molar-refractivity contribution in [3.05, 3.63) is 75.9 Å². The van der Waals surface area contributed by atoms with Crippen molar-refractivity contribution >= 4 is 43.5 Å². The summed E-state index contributed by atoms with van der Waals surface area (Å²) in [7, 11) is -4.01. The smallest absolute Gasteiger partial charge is 0.339 e. The van der Waals surface area contributed by atoms with Crippen LogP contribution in [-0.4, -0.2) is 36.9 Å². The maximum absolute atomic E-state index is 13.0. The first kappa shape index (κ1) is 25.7. The maximum Gasteiger partial charge on any atom is 0.339 e. The number of hydrogen-bond donors (Lipinski definition) is 1. The average Bonchev–Trinajstić information content (AvgIpc) is 3.14. The molecule has 0 fully saturated rings. The Kier molecular flexibility index (Phi) is 7.37. The van der Waals surface area contributed by atoms with E-state index in [0.717, 1.165) is 10.0 Å². The van der Waals surface area contributed by atoms with Crippen molar-refractivity contribution in [1.82, 2.24) is 9.38 Å². The molecule has 36 heavy (non-hydrogen) atoms. The van der Waals surface area contributed by atoms with E-state index in [1.54, 1.807) is 45.0 Å². The Morgan fingerprint density at radius 1 is 1.06 bits per heavy atom. The zero-order valence-electron chi connectivity index (χ0n) is 20.3. The Balaban J connectivity index is 1.66. The predicted octanol–water partition coefficient (Wildman–Crippen LogP) is 5.43. The Bertz CT molecular complexity index is 1520. The first-order chi connectivity index (χ1) is 17.1. The zero-order valence-corrected chi connectivity index (χ0v) is 22.7. The van der Waals surface area contributed by atoms with Crippen LogP contribution < -0.4 is 9.50 Å². The fourth-order valence-electron chi connectivity index (χ4n) is 4.15. The van der Waals surface area contributed by atoms with Crippen LogP contribution >= 0.6 is 15.9 Å². The van der Waals surface area contributed by atoms with Crippen LogP contribution in [0.15, 0.2) is 64.1 Å². The number of hydrogen-bond acceptors (Lipinski definition) is 7. The van der Waals surface area contributed by atoms with E-state index >= 15 is 0 Å². The minimum absolute atomic E-state index is 0.0319. The molecule has 0 saturated heterocycles. The third-order valence-corrected chi connectivity index (χ3v) is 7.50. The molecule has 0 amide bonds. The molecule has 8 nitrogen and oxygen atoms in total. The molecule has 0 atom stereocenters. The first-order valence-corrected chi connectivity index (χ1v) is 13.5. The summed E-state index contributed by atoms with van der Waals surface area (Å²) >= 11 is 3.47. The number of imidazole rings is 1. The summed E-state index contributed by atoms with van der Waals surface area (Å²) in [5, 5.41) is 3.12. The van der Waals surface area contributed by atoms with Crippen molar-refractivity contribution in [2.45, 2.75) is 32.6 Å². The van der Waals surface area contributed by atoms with E-state index in [1.807, 2.05) is 41.8 Å². The number of rotatable bonds is 8. The summed E-state index contributed by atoms with van der Waals surface area (Å²) in [5.41, 5.74) is 4.24. The molecule has 10 heteroatoms. The molecule has 2 aromatic heterocycles. The second kappa shape index (κ2) is 10.3. The highest BCUT2D eigenvalue weighted by Gasteiger charge is 2.23. The number of aryl methyl sites for hydroxylation is 3. The SMILES string of the molecule is CCOC(=O)CNc1c(-c2ccc(OS(=O)(=O)c3c(C)cc(C)cc3C)cc2)nc2ccc(Br)cn12. The van der Waals surface area contributed by atoms with Gasteiger partial charge in [0.25, 0.3) is 0 Å². The van der Waals surface area contributed by atoms with Gasteiger partial charge in [-0.05, 0) is 91.1 Å². The molecule has 1 N–H and O–H groups in total. The van der Waals surface area contributed by atoms with Crippen molar-refractivity contribution in [2.24, 2.45) is 0 Å². The average molecular weight is 572 g/mol. The lowest BCUT2D eigenvalue weighted by Gasteiger charge is -2.13. The Labute approximate surface area is 218 Å². The van der Waals surface area contributed by atoms with Crippen molar-refractivity contribution in [2.75, 3.05) is 18.5 Å². The number of esters is 1. The second-order valence-corrected chi connectivity index (χ2v) is 10.7. The van der Waals surface area contributed by atoms with Crippen LogP contribution in [0.5, 0.6) is 5.75 Å². The van der Waals surface area contributed by atoms with Crippen molar-refractivity contribution in [3.63, 3.8) is 0 Å². The summed E-state index contributed by atoms with van der Waals surface area (Å²) in [6.45, 7) is 7.44. The van der Waals surface area contributed by atoms with Gasteiger partial charge in [-0.3, -0.25) is 9.20 Å². The van der Waals surface area contributed by atoms with Gasteiger partial charge in [0.2, 0.25) is 0 Å². The highest BCUT2D eigenvalue weighted by molar-refractivity contribution is 9.10. The van der Waals surface area contributed by atoms with E-state index in [1.165, 1.54) is 0 Å². The zero-order chi connectivity index (χ0) is 26.0. The van der Waals surface area contributed by atoms with Gasteiger partial charge in [-0.25, -0.2) is 4.98 Å². The van der Waals surface area contributed by atoms with E-state index in [-0.39, 0.29) is 29.8 Å². The van der Waals surface area contributed by atoms with Gasteiger partial charge in [-0.15, -0.1) is 0 Å². The summed E-state index contributed by atoms with van der Waals surface area (Å²) < 4.78 is 39.2. The molecular formula is C26H26BrN3O5S. The van der Waals surface area contributed by atoms with Gasteiger partial charge in [-0.1, -0.05) is 17.7 Å². The van der Waals surface area contributed by atoms with Crippen LogP contribution in [0.3, 0.4) is 0 Å². The largest absolute Gasteiger partial charge is 0.465 e. The predicted molar refractivity (Wildman–Crippen MR) is 142 cm³/mol. The number of nitrogens with one attached hydrogen (secondary N) is 1. The number of pyridine rings is 1. The minimum atomic E-state index is -4.01. The summed E-state index contributed by atoms with van der Waals surface area (Å²) in [5.74, 6) is 0.404. The van der Waals surface area contributed by atoms with Crippen molar-refractivity contribution in [1.29, 1.82) is 0 Å². The lowest BCUT2D eigenvalue weighted by molar-refractivity contribution is -0.140. The number of halogens is 1. The molecule has 0 saturated carbocycles. The van der Waals surface area contributed by atoms with Gasteiger partial charge in [0.1, 0.15) is 34.3 Å². The third-order valence-electron chi connectivity index (χ3n) is 5.48. The summed E-state index contributed by atoms with van der Waals surface area (Å²) in [6, 6.07) is 14.0. The molecule has 2 heterocycles. The standard InChI is InChI=1S/C26H26BrN3O5S/c1-5-34-23(31)14-28-26-24(29-22-11-8-20(27)15-30(22)26)19-6-9-21(10-7-19)35-36(32,33)25-17(3)12-16(2)13-18(25)4/h6-13,15,28H,5,14H2,1-4H3. The normalized spacial score (nSPS) is 11.5. The maximum atomic E-state index is 13.0. The number of benzene rings is 2. The highest BCUT2D eigenvalue weighted by atomic mass is 79.9. The first-order valence-electron chi connectivity index (χ1n) is 11.3. The van der Waals surface area contributed by atoms with Gasteiger partial charge in [0, 0.05) is 16.2 Å². The number of aromatic nitrogens is 2. The number of fused-ring (bicyclic) bond motifs is 1. The molecule has 4 aromatic rings. The second-order valence-electron chi connectivity index (χ2n) is 8.33. The summed E-state index contributed by atoms with van der Waals surface area (Å²) in [4.78, 5) is 16.8. The van der Waals surface area contributed by atoms with E-state index in [0.29, 0.717) is 33.8 Å². The molecule has 0 aliphatic heterocycles. The Morgan fingerprint density at radius 3 is 2.36 bits per heavy atom. The fraction of sp³-hybridized carbons (Fsp3) is 0.231. The Morgan fingerprint density at radius 2 is 1.72 bits per heavy atom. The topological polar surface area (TPSA) is 99.0 Å². The van der Waals surface area contributed by atoms with Crippen LogP contribution in [0.2, 0.25) is 0 Å². The van der Waals surface area contributed by atoms with Crippen LogP contribution in [0.25, 0.3) is 16.9 Å². The number of carbonyl (C=O) groups excluding carboxylic acids is 1. The van der Waals surface area contributed by atoms with E-state index in [2.05, 4.69) is 21.2 Å². The molecule has 188 valence electrons. The van der Waals surface area contributed by atoms with E-state index < -0.39 is 10.1 Å². The molecule has 0 aliphatic carbocycles. The number of ether oxygens (including phenoxy) is 1. The monoisotopic (exact) mass is 571 g/mol. The van der Waals surface area contributed by atoms with Crippen LogP contribution in [0, 0.1) is 20.8 Å². The molecule has 0 spiro atoms. The number of carbonyl (C=O) groups is 1. The fourth-order valence-corrected chi connectivity index (χ4v) is 5.85. The number of anilines is 1. The van der Waals surface area contributed by atoms with Crippen LogP contribution in [0.4, 0.5) is 5.82 Å². The van der Waals surface area contributed by atoms with Gasteiger partial charge in [-0.2, -0.15) is 8.42 Å². The van der Waals surface area contributed by atoms with Gasteiger partial charge >= 0.3 is 16.1 Å². The third kappa shape index (κ3) is 5.39. The van der Waals surface area contributed by atoms with Crippen molar-refractivity contribution < 1.29 is 22.1 Å².